The molecule has 0 spiro atoms. The number of anilines is 1. The maximum absolute atomic E-state index is 14.8. The molecule has 0 bridgehead atoms. The molecular weight excluding hydrogens is 442 g/mol. The lowest BCUT2D eigenvalue weighted by atomic mass is 10.1. The van der Waals surface area contributed by atoms with Crippen molar-refractivity contribution in [3.8, 4) is 11.5 Å². The highest BCUT2D eigenvalue weighted by Gasteiger charge is 2.22. The Hall–Kier alpha value is -3.66. The van der Waals surface area contributed by atoms with Crippen molar-refractivity contribution in [3.63, 3.8) is 0 Å². The molecule has 1 unspecified atom stereocenters. The molecule has 3 aromatic heterocycles. The van der Waals surface area contributed by atoms with Crippen molar-refractivity contribution in [2.45, 2.75) is 38.5 Å². The number of fused-ring (bicyclic) bond motifs is 1. The van der Waals surface area contributed by atoms with Gasteiger partial charge in [0.15, 0.2) is 5.82 Å². The fraction of sp³-hybridized carbons (Fsp3) is 0.333. The van der Waals surface area contributed by atoms with Crippen molar-refractivity contribution in [1.82, 2.24) is 24.3 Å². The molecule has 1 aliphatic rings. The highest BCUT2D eigenvalue weighted by molar-refractivity contribution is 6.06. The Morgan fingerprint density at radius 2 is 2.15 bits per heavy atom. The molecule has 3 heterocycles. The third-order valence-electron chi connectivity index (χ3n) is 5.81. The van der Waals surface area contributed by atoms with Crippen LogP contribution >= 0.6 is 0 Å². The molecule has 1 atom stereocenters. The molecule has 0 aliphatic heterocycles. The first kappa shape index (κ1) is 22.1. The quantitative estimate of drug-likeness (QED) is 0.395. The van der Waals surface area contributed by atoms with E-state index in [0.717, 1.165) is 18.4 Å². The van der Waals surface area contributed by atoms with Crippen LogP contribution in [0.25, 0.3) is 22.4 Å². The number of rotatable bonds is 9. The molecule has 1 aliphatic carbocycles. The number of nitrogens with zero attached hydrogens (tertiary/aromatic N) is 5. The van der Waals surface area contributed by atoms with Gasteiger partial charge in [0.1, 0.15) is 30.3 Å². The Morgan fingerprint density at radius 1 is 1.29 bits per heavy atom. The number of carbonyl (C=O) groups is 1. The normalized spacial score (nSPS) is 14.4. The van der Waals surface area contributed by atoms with E-state index in [2.05, 4.69) is 20.5 Å². The summed E-state index contributed by atoms with van der Waals surface area (Å²) >= 11 is 0. The smallest absolute Gasteiger partial charge is 0.259 e. The predicted molar refractivity (Wildman–Crippen MR) is 123 cm³/mol. The lowest BCUT2D eigenvalue weighted by Gasteiger charge is -2.12. The van der Waals surface area contributed by atoms with Gasteiger partial charge in [-0.3, -0.25) is 4.79 Å². The number of aromatic nitrogens is 5. The second-order valence-electron chi connectivity index (χ2n) is 8.40. The first-order valence-electron chi connectivity index (χ1n) is 11.2. The number of pyridine rings is 1. The molecule has 34 heavy (non-hydrogen) atoms. The molecule has 1 amide bonds. The number of nitrogens with one attached hydrogen (secondary N) is 1. The number of halogens is 2. The Labute approximate surface area is 194 Å². The van der Waals surface area contributed by atoms with E-state index in [4.69, 9.17) is 4.74 Å². The van der Waals surface area contributed by atoms with Crippen molar-refractivity contribution in [2.24, 2.45) is 0 Å². The maximum Gasteiger partial charge on any atom is 0.259 e. The van der Waals surface area contributed by atoms with Crippen LogP contribution in [0.15, 0.2) is 48.9 Å². The highest BCUT2D eigenvalue weighted by Crippen LogP contribution is 2.25. The number of ether oxygens (including phenoxy) is 1. The summed E-state index contributed by atoms with van der Waals surface area (Å²) in [5.74, 6) is -0.646. The number of carbonyl (C=O) groups excluding carboxylic acids is 1. The van der Waals surface area contributed by atoms with E-state index >= 15 is 0 Å². The second kappa shape index (κ2) is 9.30. The van der Waals surface area contributed by atoms with Crippen LogP contribution in [-0.4, -0.2) is 49.6 Å². The van der Waals surface area contributed by atoms with Gasteiger partial charge < -0.3 is 19.2 Å². The van der Waals surface area contributed by atoms with Crippen LogP contribution < -0.4 is 5.32 Å². The fourth-order valence-corrected chi connectivity index (χ4v) is 3.77. The van der Waals surface area contributed by atoms with Gasteiger partial charge >= 0.3 is 0 Å². The minimum absolute atomic E-state index is 0.0861. The van der Waals surface area contributed by atoms with E-state index in [-0.39, 0.29) is 11.4 Å². The number of alkyl halides is 1. The number of hydrogen-bond acceptors (Lipinski definition) is 5. The van der Waals surface area contributed by atoms with Gasteiger partial charge in [0.05, 0.1) is 24.3 Å². The summed E-state index contributed by atoms with van der Waals surface area (Å²) in [5.41, 5.74) is 1.08. The van der Waals surface area contributed by atoms with E-state index < -0.39 is 24.4 Å². The summed E-state index contributed by atoms with van der Waals surface area (Å²) in [4.78, 5) is 17.3. The first-order valence-corrected chi connectivity index (χ1v) is 11.2. The average Bonchev–Trinajstić information content (AvgIpc) is 3.38. The topological polar surface area (TPSA) is 86.9 Å². The molecule has 1 N–H and O–H groups in total. The van der Waals surface area contributed by atoms with Gasteiger partial charge in [0.2, 0.25) is 0 Å². The summed E-state index contributed by atoms with van der Waals surface area (Å²) in [5, 5.41) is 11.2. The van der Waals surface area contributed by atoms with Gasteiger partial charge in [-0.2, -0.15) is 0 Å². The highest BCUT2D eigenvalue weighted by atomic mass is 19.1. The Balaban J connectivity index is 1.37. The van der Waals surface area contributed by atoms with Crippen LogP contribution in [0.1, 0.15) is 36.2 Å². The van der Waals surface area contributed by atoms with Crippen molar-refractivity contribution >= 4 is 22.6 Å². The second-order valence-corrected chi connectivity index (χ2v) is 8.40. The van der Waals surface area contributed by atoms with Crippen LogP contribution in [-0.2, 0) is 11.3 Å². The SMILES string of the molecule is CC(CF)n1cnnc1-c1cccc(NC(=O)c2cc3c(ccn3CCOC3CC3)cc2F)n1. The summed E-state index contributed by atoms with van der Waals surface area (Å²) in [6.45, 7) is 2.30. The van der Waals surface area contributed by atoms with Gasteiger partial charge in [-0.15, -0.1) is 10.2 Å². The summed E-state index contributed by atoms with van der Waals surface area (Å²) < 4.78 is 37.1. The van der Waals surface area contributed by atoms with Crippen molar-refractivity contribution in [3.05, 3.63) is 60.3 Å². The standard InChI is InChI=1S/C24H24F2N6O2/c1-15(13-25)32-14-27-30-23(32)20-3-2-4-22(28-20)29-24(33)18-12-21-16(11-19(18)26)7-8-31(21)9-10-34-17-5-6-17/h2-4,7-8,11-12,14-15,17H,5-6,9-10,13H2,1H3,(H,28,29,33). The van der Waals surface area contributed by atoms with Crippen molar-refractivity contribution in [1.29, 1.82) is 0 Å². The number of hydrogen-bond donors (Lipinski definition) is 1. The molecule has 4 aromatic rings. The van der Waals surface area contributed by atoms with Gasteiger partial charge in [-0.25, -0.2) is 13.8 Å². The largest absolute Gasteiger partial charge is 0.376 e. The van der Waals surface area contributed by atoms with Gasteiger partial charge in [0, 0.05) is 23.6 Å². The third-order valence-corrected chi connectivity index (χ3v) is 5.81. The molecule has 1 saturated carbocycles. The van der Waals surface area contributed by atoms with Crippen LogP contribution in [0.2, 0.25) is 0 Å². The predicted octanol–water partition coefficient (Wildman–Crippen LogP) is 4.40. The van der Waals surface area contributed by atoms with Crippen molar-refractivity contribution in [2.75, 3.05) is 18.6 Å². The molecule has 5 rings (SSSR count). The summed E-state index contributed by atoms with van der Waals surface area (Å²) in [7, 11) is 0. The molecule has 1 aromatic carbocycles. The molecule has 1 fully saturated rings. The van der Waals surface area contributed by atoms with E-state index in [1.807, 2.05) is 16.8 Å². The molecule has 0 radical (unpaired) electrons. The van der Waals surface area contributed by atoms with Crippen LogP contribution in [0.3, 0.4) is 0 Å². The molecule has 176 valence electrons. The summed E-state index contributed by atoms with van der Waals surface area (Å²) in [6.07, 6.45) is 5.86. The Bertz CT molecular complexity index is 1330. The number of benzene rings is 1. The zero-order chi connectivity index (χ0) is 23.7. The van der Waals surface area contributed by atoms with Crippen LogP contribution in [0.5, 0.6) is 0 Å². The third kappa shape index (κ3) is 4.54. The van der Waals surface area contributed by atoms with Gasteiger partial charge in [0.25, 0.3) is 5.91 Å². The molecular formula is C24H24F2N6O2. The van der Waals surface area contributed by atoms with E-state index in [1.54, 1.807) is 35.8 Å². The van der Waals surface area contributed by atoms with E-state index in [1.165, 1.54) is 12.4 Å². The summed E-state index contributed by atoms with van der Waals surface area (Å²) in [6, 6.07) is 9.21. The van der Waals surface area contributed by atoms with Crippen LogP contribution in [0, 0.1) is 5.82 Å². The monoisotopic (exact) mass is 466 g/mol. The molecule has 8 nitrogen and oxygen atoms in total. The minimum Gasteiger partial charge on any atom is -0.376 e. The van der Waals surface area contributed by atoms with Gasteiger partial charge in [-0.05, 0) is 50.1 Å². The lowest BCUT2D eigenvalue weighted by molar-refractivity contribution is 0.102. The fourth-order valence-electron chi connectivity index (χ4n) is 3.77. The van der Waals surface area contributed by atoms with Gasteiger partial charge in [-0.1, -0.05) is 6.07 Å². The molecule has 0 saturated heterocycles. The molecule has 10 heteroatoms. The zero-order valence-corrected chi connectivity index (χ0v) is 18.6. The van der Waals surface area contributed by atoms with Crippen LogP contribution in [0.4, 0.5) is 14.6 Å². The Kier molecular flexibility index (Phi) is 6.06. The lowest BCUT2D eigenvalue weighted by Crippen LogP contribution is -2.15. The number of amides is 1. The van der Waals surface area contributed by atoms with Crippen molar-refractivity contribution < 1.29 is 18.3 Å². The first-order chi connectivity index (χ1) is 16.5. The minimum atomic E-state index is -0.621. The zero-order valence-electron chi connectivity index (χ0n) is 18.6. The van der Waals surface area contributed by atoms with E-state index in [0.29, 0.717) is 36.2 Å². The average molecular weight is 466 g/mol. The maximum atomic E-state index is 14.8. The Morgan fingerprint density at radius 3 is 2.94 bits per heavy atom. The van der Waals surface area contributed by atoms with E-state index in [9.17, 15) is 13.6 Å².